The molecule has 2 heteroatoms. The van der Waals surface area contributed by atoms with Crippen LogP contribution in [0.15, 0.2) is 0 Å². The predicted octanol–water partition coefficient (Wildman–Crippen LogP) is 2.35. The highest BCUT2D eigenvalue weighted by Crippen LogP contribution is 2.19. The van der Waals surface area contributed by atoms with E-state index in [0.29, 0.717) is 0 Å². The Balaban J connectivity index is 2.33. The van der Waals surface area contributed by atoms with Gasteiger partial charge in [0.15, 0.2) is 0 Å². The second kappa shape index (κ2) is 6.49. The first-order valence-corrected chi connectivity index (χ1v) is 6.60. The Labute approximate surface area is 95.4 Å². The maximum Gasteiger partial charge on any atom is 0.0114 e. The number of rotatable bonds is 5. The Morgan fingerprint density at radius 1 is 1.33 bits per heavy atom. The zero-order chi connectivity index (χ0) is 11.3. The van der Waals surface area contributed by atoms with Crippen LogP contribution in [-0.2, 0) is 0 Å². The molecule has 90 valence electrons. The molecule has 0 saturated carbocycles. The summed E-state index contributed by atoms with van der Waals surface area (Å²) in [5, 5.41) is 3.43. The number of hydrogen-bond acceptors (Lipinski definition) is 2. The Morgan fingerprint density at radius 3 is 2.47 bits per heavy atom. The fourth-order valence-electron chi connectivity index (χ4n) is 2.74. The van der Waals surface area contributed by atoms with E-state index in [0.717, 1.165) is 17.9 Å². The predicted molar refractivity (Wildman–Crippen MR) is 67.1 cm³/mol. The molecule has 0 bridgehead atoms. The second-order valence-electron chi connectivity index (χ2n) is 5.10. The largest absolute Gasteiger partial charge is 0.317 e. The van der Waals surface area contributed by atoms with Gasteiger partial charge in [-0.15, -0.1) is 0 Å². The first-order valence-electron chi connectivity index (χ1n) is 6.60. The molecule has 1 rings (SSSR count). The van der Waals surface area contributed by atoms with Crippen molar-refractivity contribution in [1.82, 2.24) is 10.2 Å². The van der Waals surface area contributed by atoms with Crippen molar-refractivity contribution in [3.63, 3.8) is 0 Å². The van der Waals surface area contributed by atoms with E-state index in [9.17, 15) is 0 Å². The molecular formula is C13H28N2. The number of hydrogen-bond donors (Lipinski definition) is 1. The molecule has 15 heavy (non-hydrogen) atoms. The third kappa shape index (κ3) is 3.76. The number of nitrogens with zero attached hydrogens (tertiary/aromatic N) is 1. The Hall–Kier alpha value is -0.0800. The van der Waals surface area contributed by atoms with Crippen molar-refractivity contribution in [3.8, 4) is 0 Å². The van der Waals surface area contributed by atoms with Crippen molar-refractivity contribution in [2.75, 3.05) is 26.7 Å². The molecular weight excluding hydrogens is 184 g/mol. The highest BCUT2D eigenvalue weighted by atomic mass is 15.1. The Kier molecular flexibility index (Phi) is 5.62. The summed E-state index contributed by atoms with van der Waals surface area (Å²) in [5.41, 5.74) is 0. The maximum atomic E-state index is 3.43. The van der Waals surface area contributed by atoms with E-state index in [-0.39, 0.29) is 0 Å². The topological polar surface area (TPSA) is 15.3 Å². The minimum absolute atomic E-state index is 0.739. The average Bonchev–Trinajstić information content (AvgIpc) is 2.26. The van der Waals surface area contributed by atoms with E-state index in [1.807, 2.05) is 0 Å². The summed E-state index contributed by atoms with van der Waals surface area (Å²) in [6.07, 6.45) is 3.98. The SMILES string of the molecule is CCC(CC)CN1CCC(NC)C(C)C1. The number of likely N-dealkylation sites (tertiary alicyclic amines) is 1. The summed E-state index contributed by atoms with van der Waals surface area (Å²) >= 11 is 0. The molecule has 0 aromatic heterocycles. The van der Waals surface area contributed by atoms with Crippen LogP contribution in [0.5, 0.6) is 0 Å². The number of nitrogens with one attached hydrogen (secondary N) is 1. The highest BCUT2D eigenvalue weighted by Gasteiger charge is 2.25. The van der Waals surface area contributed by atoms with E-state index >= 15 is 0 Å². The lowest BCUT2D eigenvalue weighted by atomic mass is 9.92. The van der Waals surface area contributed by atoms with Crippen LogP contribution in [0.1, 0.15) is 40.0 Å². The van der Waals surface area contributed by atoms with Crippen LogP contribution in [0.2, 0.25) is 0 Å². The molecule has 2 nitrogen and oxygen atoms in total. The summed E-state index contributed by atoms with van der Waals surface area (Å²) in [7, 11) is 2.09. The average molecular weight is 212 g/mol. The lowest BCUT2D eigenvalue weighted by Crippen LogP contribution is -2.48. The molecule has 0 aliphatic carbocycles. The lowest BCUT2D eigenvalue weighted by molar-refractivity contribution is 0.130. The summed E-state index contributed by atoms with van der Waals surface area (Å²) in [5.74, 6) is 1.71. The zero-order valence-electron chi connectivity index (χ0n) is 10.9. The zero-order valence-corrected chi connectivity index (χ0v) is 10.9. The van der Waals surface area contributed by atoms with Gasteiger partial charge in [-0.05, 0) is 31.8 Å². The summed E-state index contributed by atoms with van der Waals surface area (Å²) in [6, 6.07) is 0.739. The number of piperidine rings is 1. The quantitative estimate of drug-likeness (QED) is 0.752. The molecule has 1 saturated heterocycles. The van der Waals surface area contributed by atoms with Gasteiger partial charge in [0, 0.05) is 19.1 Å². The Morgan fingerprint density at radius 2 is 2.00 bits per heavy atom. The van der Waals surface area contributed by atoms with E-state index in [1.54, 1.807) is 0 Å². The normalized spacial score (nSPS) is 28.6. The standard InChI is InChI=1S/C13H28N2/c1-5-12(6-2)10-15-8-7-13(14-4)11(3)9-15/h11-14H,5-10H2,1-4H3. The van der Waals surface area contributed by atoms with Gasteiger partial charge in [-0.3, -0.25) is 0 Å². The van der Waals surface area contributed by atoms with Crippen molar-refractivity contribution in [3.05, 3.63) is 0 Å². The minimum Gasteiger partial charge on any atom is -0.317 e. The van der Waals surface area contributed by atoms with Crippen molar-refractivity contribution < 1.29 is 0 Å². The molecule has 0 radical (unpaired) electrons. The Bertz CT molecular complexity index is 166. The molecule has 1 heterocycles. The third-order valence-corrected chi connectivity index (χ3v) is 4.03. The van der Waals surface area contributed by atoms with Crippen LogP contribution < -0.4 is 5.32 Å². The molecule has 0 aromatic rings. The molecule has 1 N–H and O–H groups in total. The van der Waals surface area contributed by atoms with Crippen molar-refractivity contribution in [1.29, 1.82) is 0 Å². The third-order valence-electron chi connectivity index (χ3n) is 4.03. The van der Waals surface area contributed by atoms with Gasteiger partial charge in [-0.1, -0.05) is 33.6 Å². The second-order valence-corrected chi connectivity index (χ2v) is 5.10. The monoisotopic (exact) mass is 212 g/mol. The van der Waals surface area contributed by atoms with Crippen LogP contribution in [0.3, 0.4) is 0 Å². The van der Waals surface area contributed by atoms with Crippen molar-refractivity contribution >= 4 is 0 Å². The fraction of sp³-hybridized carbons (Fsp3) is 1.00. The van der Waals surface area contributed by atoms with Gasteiger partial charge in [0.25, 0.3) is 0 Å². The smallest absolute Gasteiger partial charge is 0.0114 e. The molecule has 1 aliphatic heterocycles. The molecule has 1 fully saturated rings. The van der Waals surface area contributed by atoms with E-state index in [1.165, 1.54) is 38.9 Å². The van der Waals surface area contributed by atoms with Gasteiger partial charge in [-0.25, -0.2) is 0 Å². The molecule has 2 unspecified atom stereocenters. The van der Waals surface area contributed by atoms with E-state index in [4.69, 9.17) is 0 Å². The van der Waals surface area contributed by atoms with Gasteiger partial charge in [0.05, 0.1) is 0 Å². The van der Waals surface area contributed by atoms with Crippen LogP contribution >= 0.6 is 0 Å². The summed E-state index contributed by atoms with van der Waals surface area (Å²) < 4.78 is 0. The lowest BCUT2D eigenvalue weighted by Gasteiger charge is -2.38. The van der Waals surface area contributed by atoms with Crippen LogP contribution in [0.4, 0.5) is 0 Å². The van der Waals surface area contributed by atoms with Crippen LogP contribution in [-0.4, -0.2) is 37.6 Å². The maximum absolute atomic E-state index is 3.43. The van der Waals surface area contributed by atoms with Crippen LogP contribution in [0.25, 0.3) is 0 Å². The molecule has 0 amide bonds. The summed E-state index contributed by atoms with van der Waals surface area (Å²) in [6.45, 7) is 10.9. The van der Waals surface area contributed by atoms with Gasteiger partial charge in [-0.2, -0.15) is 0 Å². The van der Waals surface area contributed by atoms with E-state index < -0.39 is 0 Å². The van der Waals surface area contributed by atoms with E-state index in [2.05, 4.69) is 38.0 Å². The summed E-state index contributed by atoms with van der Waals surface area (Å²) in [4.78, 5) is 2.66. The minimum atomic E-state index is 0.739. The molecule has 0 spiro atoms. The first-order chi connectivity index (χ1) is 7.21. The van der Waals surface area contributed by atoms with Crippen LogP contribution in [0, 0.1) is 11.8 Å². The molecule has 1 aliphatic rings. The molecule has 0 aromatic carbocycles. The van der Waals surface area contributed by atoms with Gasteiger partial charge in [0.1, 0.15) is 0 Å². The van der Waals surface area contributed by atoms with Gasteiger partial charge in [0.2, 0.25) is 0 Å². The molecule has 2 atom stereocenters. The fourth-order valence-corrected chi connectivity index (χ4v) is 2.74. The van der Waals surface area contributed by atoms with Gasteiger partial charge >= 0.3 is 0 Å². The van der Waals surface area contributed by atoms with Crippen molar-refractivity contribution in [2.45, 2.75) is 46.1 Å². The van der Waals surface area contributed by atoms with Crippen molar-refractivity contribution in [2.24, 2.45) is 11.8 Å². The highest BCUT2D eigenvalue weighted by molar-refractivity contribution is 4.82. The first kappa shape index (κ1) is 13.0. The van der Waals surface area contributed by atoms with Gasteiger partial charge < -0.3 is 10.2 Å².